The lowest BCUT2D eigenvalue weighted by molar-refractivity contribution is 0.590. The van der Waals surface area contributed by atoms with Gasteiger partial charge in [-0.25, -0.2) is 0 Å². The minimum absolute atomic E-state index is 0.0251. The topological polar surface area (TPSA) is 21.9 Å². The van der Waals surface area contributed by atoms with Gasteiger partial charge in [-0.2, -0.15) is 0 Å². The van der Waals surface area contributed by atoms with Gasteiger partial charge in [0, 0.05) is 64.3 Å². The molecule has 8 aromatic carbocycles. The summed E-state index contributed by atoms with van der Waals surface area (Å²) < 4.78 is 7.72. The van der Waals surface area contributed by atoms with Crippen LogP contribution in [0.2, 0.25) is 0 Å². The van der Waals surface area contributed by atoms with Gasteiger partial charge in [0.05, 0.1) is 27.8 Å². The highest BCUT2D eigenvalue weighted by molar-refractivity contribution is 7.25. The van der Waals surface area contributed by atoms with Gasteiger partial charge >= 0.3 is 0 Å². The molecule has 0 unspecified atom stereocenters. The molecule has 0 aliphatic carbocycles. The molecule has 1 N–H and O–H groups in total. The largest absolute Gasteiger partial charge is 0.355 e. The molecule has 294 valence electrons. The third-order valence-electron chi connectivity index (χ3n) is 13.2. The van der Waals surface area contributed by atoms with E-state index in [2.05, 4.69) is 214 Å². The number of aromatic nitrogens is 2. The molecule has 11 aromatic rings. The average Bonchev–Trinajstić information content (AvgIpc) is 3.92. The van der Waals surface area contributed by atoms with E-state index in [1.807, 2.05) is 11.3 Å². The summed E-state index contributed by atoms with van der Waals surface area (Å²) >= 11 is 1.88. The minimum atomic E-state index is 0.0251. The summed E-state index contributed by atoms with van der Waals surface area (Å²) in [4.78, 5) is 0. The Kier molecular flexibility index (Phi) is 7.72. The van der Waals surface area contributed by atoms with Gasteiger partial charge in [-0.3, -0.25) is 0 Å². The lowest BCUT2D eigenvalue weighted by Gasteiger charge is -2.27. The number of fused-ring (bicyclic) bond motifs is 11. The molecular formula is C56H46BN3S. The van der Waals surface area contributed by atoms with Gasteiger partial charge in [-0.1, -0.05) is 144 Å². The van der Waals surface area contributed by atoms with Crippen LogP contribution in [0.4, 0.5) is 11.4 Å². The number of nitrogens with zero attached hydrogens (tertiary/aromatic N) is 2. The molecule has 0 spiro atoms. The van der Waals surface area contributed by atoms with Crippen molar-refractivity contribution in [2.45, 2.75) is 52.4 Å². The molecule has 0 atom stereocenters. The van der Waals surface area contributed by atoms with E-state index >= 15 is 0 Å². The van der Waals surface area contributed by atoms with Crippen LogP contribution in [0.3, 0.4) is 0 Å². The Morgan fingerprint density at radius 3 is 1.74 bits per heavy atom. The maximum atomic E-state index is 4.00. The number of anilines is 2. The van der Waals surface area contributed by atoms with Crippen LogP contribution < -0.4 is 16.2 Å². The van der Waals surface area contributed by atoms with Gasteiger partial charge < -0.3 is 14.5 Å². The third kappa shape index (κ3) is 5.49. The van der Waals surface area contributed by atoms with E-state index < -0.39 is 0 Å². The fraction of sp³-hybridized carbons (Fsp3) is 0.143. The summed E-state index contributed by atoms with van der Waals surface area (Å²) in [6.07, 6.45) is 0. The predicted molar refractivity (Wildman–Crippen MR) is 267 cm³/mol. The molecule has 0 radical (unpaired) electrons. The molecule has 12 rings (SSSR count). The van der Waals surface area contributed by atoms with Crippen molar-refractivity contribution in [1.82, 2.24) is 9.13 Å². The van der Waals surface area contributed by atoms with E-state index in [0.717, 1.165) is 18.7 Å². The monoisotopic (exact) mass is 803 g/mol. The number of hydrogen-bond acceptors (Lipinski definition) is 2. The quantitative estimate of drug-likeness (QED) is 0.176. The van der Waals surface area contributed by atoms with Gasteiger partial charge in [0.25, 0.3) is 0 Å². The average molecular weight is 804 g/mol. The Hall–Kier alpha value is -6.56. The van der Waals surface area contributed by atoms with Gasteiger partial charge in [-0.15, -0.1) is 11.3 Å². The number of para-hydroxylation sites is 3. The predicted octanol–water partition coefficient (Wildman–Crippen LogP) is 14.0. The lowest BCUT2D eigenvalue weighted by Crippen LogP contribution is -2.38. The maximum Gasteiger partial charge on any atom is 0.198 e. The number of benzene rings is 8. The highest BCUT2D eigenvalue weighted by Crippen LogP contribution is 2.46. The van der Waals surface area contributed by atoms with Crippen molar-refractivity contribution in [3.8, 4) is 22.5 Å². The van der Waals surface area contributed by atoms with E-state index in [4.69, 9.17) is 0 Å². The Balaban J connectivity index is 1.24. The lowest BCUT2D eigenvalue weighted by atomic mass is 9.58. The number of rotatable bonds is 4. The normalized spacial score (nSPS) is 12.9. The van der Waals surface area contributed by atoms with Crippen molar-refractivity contribution in [3.63, 3.8) is 0 Å². The fourth-order valence-electron chi connectivity index (χ4n) is 10.1. The molecule has 1 aliphatic heterocycles. The van der Waals surface area contributed by atoms with Gasteiger partial charge in [0.1, 0.15) is 0 Å². The van der Waals surface area contributed by atoms with E-state index in [1.165, 1.54) is 108 Å². The van der Waals surface area contributed by atoms with Gasteiger partial charge in [0.15, 0.2) is 7.28 Å². The van der Waals surface area contributed by atoms with E-state index in [9.17, 15) is 0 Å². The first-order valence-electron chi connectivity index (χ1n) is 21.6. The molecule has 0 bridgehead atoms. The van der Waals surface area contributed by atoms with Crippen LogP contribution in [0.15, 0.2) is 158 Å². The zero-order chi connectivity index (χ0) is 41.4. The number of nitrogens with one attached hydrogen (secondary N) is 1. The molecule has 1 aliphatic rings. The molecule has 0 fully saturated rings. The third-order valence-corrected chi connectivity index (χ3v) is 14.4. The molecule has 4 heterocycles. The summed E-state index contributed by atoms with van der Waals surface area (Å²) in [6, 6.07) is 59.5. The van der Waals surface area contributed by atoms with Crippen molar-refractivity contribution >= 4 is 105 Å². The number of thiophene rings is 1. The summed E-state index contributed by atoms with van der Waals surface area (Å²) in [5.41, 5.74) is 17.6. The van der Waals surface area contributed by atoms with E-state index in [-0.39, 0.29) is 10.8 Å². The molecule has 5 heteroatoms. The highest BCUT2D eigenvalue weighted by Gasteiger charge is 2.31. The van der Waals surface area contributed by atoms with Crippen molar-refractivity contribution in [2.75, 3.05) is 5.32 Å². The zero-order valence-corrected chi connectivity index (χ0v) is 36.3. The zero-order valence-electron chi connectivity index (χ0n) is 35.5. The van der Waals surface area contributed by atoms with Crippen LogP contribution in [-0.2, 0) is 10.8 Å². The van der Waals surface area contributed by atoms with Crippen molar-refractivity contribution in [2.24, 2.45) is 0 Å². The molecular weight excluding hydrogens is 758 g/mol. The highest BCUT2D eigenvalue weighted by atomic mass is 32.1. The first-order valence-corrected chi connectivity index (χ1v) is 22.4. The first kappa shape index (κ1) is 36.3. The standard InChI is InChI=1S/C56H46BN3S/c1-55(2,3)33-23-26-35(27-24-33)58-44-32-51-41(38-17-10-14-22-50(38)61-51)30-40(44)42-31-49(59-45-19-11-7-15-36(45)37-16-8-12-20-46(37)59)52-39-18-9-13-21-47(39)60-48-28-25-34(56(4,5)6)29-43(48)57-53(42)54(52)60/h7-32,57-58H,1-6H3. The molecule has 3 nitrogen and oxygen atoms in total. The minimum Gasteiger partial charge on any atom is -0.355 e. The second-order valence-electron chi connectivity index (χ2n) is 19.1. The fourth-order valence-corrected chi connectivity index (χ4v) is 11.3. The van der Waals surface area contributed by atoms with E-state index in [0.29, 0.717) is 0 Å². The van der Waals surface area contributed by atoms with Gasteiger partial charge in [0.2, 0.25) is 0 Å². The first-order chi connectivity index (χ1) is 29.5. The van der Waals surface area contributed by atoms with Crippen molar-refractivity contribution in [1.29, 1.82) is 0 Å². The van der Waals surface area contributed by atoms with Gasteiger partial charge in [-0.05, 0) is 93.6 Å². The maximum absolute atomic E-state index is 4.00. The summed E-state index contributed by atoms with van der Waals surface area (Å²) in [5.74, 6) is 0. The summed E-state index contributed by atoms with van der Waals surface area (Å²) in [7, 11) is 0.830. The summed E-state index contributed by atoms with van der Waals surface area (Å²) in [6.45, 7) is 13.8. The Morgan fingerprint density at radius 1 is 0.475 bits per heavy atom. The van der Waals surface area contributed by atoms with Crippen LogP contribution in [0.5, 0.6) is 0 Å². The SMILES string of the molecule is CC(C)(C)c1ccc(Nc2cc3sc4ccccc4c3cc2-c2cc(-n3c4ccccc4c4ccccc43)c3c4ccccc4n4c3c2Bc2cc(C(C)(C)C)ccc2-4)cc1. The van der Waals surface area contributed by atoms with Crippen LogP contribution in [-0.4, -0.2) is 16.4 Å². The van der Waals surface area contributed by atoms with Crippen LogP contribution >= 0.6 is 11.3 Å². The van der Waals surface area contributed by atoms with Crippen LogP contribution in [0, 0.1) is 0 Å². The Morgan fingerprint density at radius 2 is 1.07 bits per heavy atom. The smallest absolute Gasteiger partial charge is 0.198 e. The Bertz CT molecular complexity index is 3550. The Labute approximate surface area is 361 Å². The molecule has 0 saturated carbocycles. The second kappa shape index (κ2) is 13.0. The number of hydrogen-bond donors (Lipinski definition) is 1. The molecule has 61 heavy (non-hydrogen) atoms. The molecule has 0 amide bonds. The van der Waals surface area contributed by atoms with Crippen LogP contribution in [0.1, 0.15) is 52.7 Å². The molecule has 3 aromatic heterocycles. The van der Waals surface area contributed by atoms with Crippen molar-refractivity contribution < 1.29 is 0 Å². The second-order valence-corrected chi connectivity index (χ2v) is 20.2. The molecule has 0 saturated heterocycles. The van der Waals surface area contributed by atoms with Crippen molar-refractivity contribution in [3.05, 3.63) is 169 Å². The van der Waals surface area contributed by atoms with E-state index in [1.54, 1.807) is 0 Å². The summed E-state index contributed by atoms with van der Waals surface area (Å²) in [5, 5.41) is 11.7. The van der Waals surface area contributed by atoms with Crippen LogP contribution in [0.25, 0.3) is 86.3 Å².